The highest BCUT2D eigenvalue weighted by Crippen LogP contribution is 2.24. The van der Waals surface area contributed by atoms with Gasteiger partial charge in [-0.15, -0.1) is 0 Å². The number of carbonyl (C=O) groups is 1. The molecule has 0 spiro atoms. The molecular formula is C22H17ClFN5OS. The molecule has 0 radical (unpaired) electrons. The molecule has 6 nitrogen and oxygen atoms in total. The lowest BCUT2D eigenvalue weighted by Gasteiger charge is -2.07. The lowest BCUT2D eigenvalue weighted by atomic mass is 10.1. The van der Waals surface area contributed by atoms with Crippen LogP contribution < -0.4 is 5.32 Å². The zero-order valence-corrected chi connectivity index (χ0v) is 18.0. The number of amides is 1. The van der Waals surface area contributed by atoms with E-state index in [4.69, 9.17) is 11.6 Å². The molecule has 1 N–H and O–H groups in total. The summed E-state index contributed by atoms with van der Waals surface area (Å²) >= 11 is 7.43. The molecule has 0 saturated carbocycles. The largest absolute Gasteiger partial charge is 0.346 e. The minimum Gasteiger partial charge on any atom is -0.346 e. The molecule has 0 aliphatic heterocycles. The first-order chi connectivity index (χ1) is 15.0. The standard InChI is InChI=1S/C22H17ClFN5OS/c1-31-22-26-12-18(23)20(27-22)21(30)25-11-15-13-29(17-5-3-2-4-6-17)28-19(15)14-7-9-16(24)10-8-14/h2-10,12-13H,11H2,1H3,(H,25,30). The Labute approximate surface area is 187 Å². The van der Waals surface area contributed by atoms with Gasteiger partial charge in [-0.1, -0.05) is 41.6 Å². The molecule has 0 fully saturated rings. The maximum Gasteiger partial charge on any atom is 0.271 e. The van der Waals surface area contributed by atoms with E-state index < -0.39 is 5.91 Å². The van der Waals surface area contributed by atoms with Gasteiger partial charge in [0.2, 0.25) is 0 Å². The van der Waals surface area contributed by atoms with E-state index in [2.05, 4.69) is 20.4 Å². The number of benzene rings is 2. The monoisotopic (exact) mass is 453 g/mol. The summed E-state index contributed by atoms with van der Waals surface area (Å²) in [6.07, 6.45) is 5.06. The van der Waals surface area contributed by atoms with Crippen LogP contribution in [0.1, 0.15) is 16.1 Å². The highest BCUT2D eigenvalue weighted by molar-refractivity contribution is 7.98. The zero-order valence-electron chi connectivity index (χ0n) is 16.4. The Balaban J connectivity index is 1.64. The maximum absolute atomic E-state index is 13.4. The molecule has 4 rings (SSSR count). The Morgan fingerprint density at radius 3 is 2.61 bits per heavy atom. The third kappa shape index (κ3) is 4.76. The molecule has 2 heterocycles. The molecule has 156 valence electrons. The van der Waals surface area contributed by atoms with E-state index in [1.807, 2.05) is 42.8 Å². The lowest BCUT2D eigenvalue weighted by molar-refractivity contribution is 0.0945. The lowest BCUT2D eigenvalue weighted by Crippen LogP contribution is -2.24. The fraction of sp³-hybridized carbons (Fsp3) is 0.0909. The van der Waals surface area contributed by atoms with Crippen LogP contribution in [0.5, 0.6) is 0 Å². The number of rotatable bonds is 6. The van der Waals surface area contributed by atoms with Crippen molar-refractivity contribution in [1.29, 1.82) is 0 Å². The van der Waals surface area contributed by atoms with Gasteiger partial charge in [0.1, 0.15) is 5.82 Å². The number of aromatic nitrogens is 4. The van der Waals surface area contributed by atoms with Gasteiger partial charge >= 0.3 is 0 Å². The number of nitrogens with one attached hydrogen (secondary N) is 1. The molecule has 2 aromatic heterocycles. The van der Waals surface area contributed by atoms with Gasteiger partial charge in [-0.3, -0.25) is 4.79 Å². The SMILES string of the molecule is CSc1ncc(Cl)c(C(=O)NCc2cn(-c3ccccc3)nc2-c2ccc(F)cc2)n1. The van der Waals surface area contributed by atoms with Crippen molar-refractivity contribution in [1.82, 2.24) is 25.1 Å². The summed E-state index contributed by atoms with van der Waals surface area (Å²) in [7, 11) is 0. The Hall–Kier alpha value is -3.23. The summed E-state index contributed by atoms with van der Waals surface area (Å²) in [6, 6.07) is 15.7. The molecule has 0 atom stereocenters. The molecule has 31 heavy (non-hydrogen) atoms. The molecule has 0 aliphatic rings. The van der Waals surface area contributed by atoms with Crippen molar-refractivity contribution >= 4 is 29.3 Å². The van der Waals surface area contributed by atoms with Crippen molar-refractivity contribution in [3.05, 3.63) is 89.1 Å². The summed E-state index contributed by atoms with van der Waals surface area (Å²) in [6.45, 7) is 0.188. The molecule has 9 heteroatoms. The van der Waals surface area contributed by atoms with Crippen molar-refractivity contribution in [3.8, 4) is 16.9 Å². The van der Waals surface area contributed by atoms with Crippen LogP contribution >= 0.6 is 23.4 Å². The van der Waals surface area contributed by atoms with Crippen molar-refractivity contribution in [2.45, 2.75) is 11.7 Å². The molecular weight excluding hydrogens is 437 g/mol. The number of para-hydroxylation sites is 1. The predicted molar refractivity (Wildman–Crippen MR) is 119 cm³/mol. The van der Waals surface area contributed by atoms with Gasteiger partial charge in [-0.05, 0) is 42.7 Å². The van der Waals surface area contributed by atoms with Crippen LogP contribution in [0.2, 0.25) is 5.02 Å². The van der Waals surface area contributed by atoms with Crippen molar-refractivity contribution in [2.24, 2.45) is 0 Å². The van der Waals surface area contributed by atoms with E-state index in [1.54, 1.807) is 16.8 Å². The maximum atomic E-state index is 13.4. The van der Waals surface area contributed by atoms with E-state index in [9.17, 15) is 9.18 Å². The third-order valence-electron chi connectivity index (χ3n) is 4.49. The molecule has 1 amide bonds. The smallest absolute Gasteiger partial charge is 0.271 e. The van der Waals surface area contributed by atoms with Gasteiger partial charge in [0.05, 0.1) is 22.6 Å². The molecule has 0 saturated heterocycles. The Morgan fingerprint density at radius 1 is 1.16 bits per heavy atom. The van der Waals surface area contributed by atoms with E-state index >= 15 is 0 Å². The second kappa shape index (κ2) is 9.28. The summed E-state index contributed by atoms with van der Waals surface area (Å²) < 4.78 is 15.1. The molecule has 0 aliphatic carbocycles. The quantitative estimate of drug-likeness (QED) is 0.336. The summed E-state index contributed by atoms with van der Waals surface area (Å²) in [5.74, 6) is -0.746. The van der Waals surface area contributed by atoms with Crippen molar-refractivity contribution in [2.75, 3.05) is 6.26 Å². The molecule has 4 aromatic rings. The number of nitrogens with zero attached hydrogens (tertiary/aromatic N) is 4. The van der Waals surface area contributed by atoms with Crippen LogP contribution in [0, 0.1) is 5.82 Å². The average Bonchev–Trinajstić information content (AvgIpc) is 3.23. The normalized spacial score (nSPS) is 10.8. The van der Waals surface area contributed by atoms with Gasteiger partial charge in [0.15, 0.2) is 10.9 Å². The minimum atomic E-state index is -0.416. The first kappa shape index (κ1) is 21.0. The van der Waals surface area contributed by atoms with Crippen LogP contribution in [-0.2, 0) is 6.54 Å². The molecule has 0 unspecified atom stereocenters. The number of thioether (sulfide) groups is 1. The van der Waals surface area contributed by atoms with Gasteiger partial charge in [-0.2, -0.15) is 5.10 Å². The Bertz CT molecular complexity index is 1210. The fourth-order valence-electron chi connectivity index (χ4n) is 2.97. The first-order valence-corrected chi connectivity index (χ1v) is 10.9. The van der Waals surface area contributed by atoms with Crippen LogP contribution in [0.4, 0.5) is 4.39 Å². The second-order valence-electron chi connectivity index (χ2n) is 6.53. The number of hydrogen-bond acceptors (Lipinski definition) is 5. The van der Waals surface area contributed by atoms with Crippen LogP contribution in [0.25, 0.3) is 16.9 Å². The van der Waals surface area contributed by atoms with E-state index in [1.165, 1.54) is 30.1 Å². The van der Waals surface area contributed by atoms with Crippen molar-refractivity contribution < 1.29 is 9.18 Å². The molecule has 2 aromatic carbocycles. The third-order valence-corrected chi connectivity index (χ3v) is 5.33. The summed E-state index contributed by atoms with van der Waals surface area (Å²) in [5.41, 5.74) is 3.12. The summed E-state index contributed by atoms with van der Waals surface area (Å²) in [4.78, 5) is 20.9. The first-order valence-electron chi connectivity index (χ1n) is 9.30. The second-order valence-corrected chi connectivity index (χ2v) is 7.71. The van der Waals surface area contributed by atoms with Gasteiger partial charge in [0.25, 0.3) is 5.91 Å². The number of halogens is 2. The average molecular weight is 454 g/mol. The van der Waals surface area contributed by atoms with Gasteiger partial charge < -0.3 is 5.32 Å². The fourth-order valence-corrected chi connectivity index (χ4v) is 3.49. The number of hydrogen-bond donors (Lipinski definition) is 1. The van der Waals surface area contributed by atoms with E-state index in [0.29, 0.717) is 10.9 Å². The zero-order chi connectivity index (χ0) is 21.8. The van der Waals surface area contributed by atoms with E-state index in [-0.39, 0.29) is 23.1 Å². The molecule has 0 bridgehead atoms. The van der Waals surface area contributed by atoms with Crippen LogP contribution in [0.15, 0.2) is 72.1 Å². The van der Waals surface area contributed by atoms with Gasteiger partial charge in [0, 0.05) is 23.9 Å². The number of carbonyl (C=O) groups excluding carboxylic acids is 1. The predicted octanol–water partition coefficient (Wildman–Crippen LogP) is 4.77. The van der Waals surface area contributed by atoms with Crippen molar-refractivity contribution in [3.63, 3.8) is 0 Å². The van der Waals surface area contributed by atoms with E-state index in [0.717, 1.165) is 16.8 Å². The Kier molecular flexibility index (Phi) is 6.29. The topological polar surface area (TPSA) is 72.7 Å². The van der Waals surface area contributed by atoms with Gasteiger partial charge in [-0.25, -0.2) is 19.0 Å². The summed E-state index contributed by atoms with van der Waals surface area (Å²) in [5, 5.41) is 8.14. The van der Waals surface area contributed by atoms with Crippen LogP contribution in [-0.4, -0.2) is 31.9 Å². The highest BCUT2D eigenvalue weighted by Gasteiger charge is 2.17. The minimum absolute atomic E-state index is 0.111. The van der Waals surface area contributed by atoms with Crippen LogP contribution in [0.3, 0.4) is 0 Å². The Morgan fingerprint density at radius 2 is 1.90 bits per heavy atom. The highest BCUT2D eigenvalue weighted by atomic mass is 35.5.